The number of hydrogen-bond acceptors (Lipinski definition) is 3. The van der Waals surface area contributed by atoms with Crippen molar-refractivity contribution in [1.29, 1.82) is 5.26 Å². The van der Waals surface area contributed by atoms with Gasteiger partial charge in [0.05, 0.1) is 6.07 Å². The van der Waals surface area contributed by atoms with Crippen LogP contribution in [0.1, 0.15) is 6.92 Å². The van der Waals surface area contributed by atoms with Crippen molar-refractivity contribution in [2.45, 2.75) is 6.92 Å². The standard InChI is InChI=1S/C7H7FN2O/c1-6(2-4-9)10-5-3-7(8)11/h2-3,5,10H,1H3. The van der Waals surface area contributed by atoms with Gasteiger partial charge in [-0.1, -0.05) is 0 Å². The lowest BCUT2D eigenvalue weighted by atomic mass is 10.4. The Morgan fingerprint density at radius 2 is 2.36 bits per heavy atom. The van der Waals surface area contributed by atoms with Gasteiger partial charge in [0.25, 0.3) is 0 Å². The molecule has 58 valence electrons. The van der Waals surface area contributed by atoms with Crippen LogP contribution in [-0.2, 0) is 4.79 Å². The molecule has 0 radical (unpaired) electrons. The summed E-state index contributed by atoms with van der Waals surface area (Å²) in [6.07, 6.45) is 3.10. The van der Waals surface area contributed by atoms with E-state index in [2.05, 4.69) is 5.32 Å². The Morgan fingerprint density at radius 3 is 2.82 bits per heavy atom. The van der Waals surface area contributed by atoms with Gasteiger partial charge in [0, 0.05) is 24.0 Å². The molecule has 11 heavy (non-hydrogen) atoms. The van der Waals surface area contributed by atoms with Crippen LogP contribution >= 0.6 is 0 Å². The molecule has 0 aliphatic carbocycles. The monoisotopic (exact) mass is 154 g/mol. The molecule has 0 fully saturated rings. The second kappa shape index (κ2) is 5.18. The highest BCUT2D eigenvalue weighted by molar-refractivity contribution is 5.80. The van der Waals surface area contributed by atoms with Crippen LogP contribution in [0, 0.1) is 11.3 Å². The minimum absolute atomic E-state index is 0.546. The van der Waals surface area contributed by atoms with Gasteiger partial charge in [-0.05, 0) is 6.92 Å². The summed E-state index contributed by atoms with van der Waals surface area (Å²) < 4.78 is 11.5. The van der Waals surface area contributed by atoms with E-state index in [-0.39, 0.29) is 0 Å². The van der Waals surface area contributed by atoms with Gasteiger partial charge in [0.2, 0.25) is 0 Å². The fraction of sp³-hybridized carbons (Fsp3) is 0.143. The summed E-state index contributed by atoms with van der Waals surface area (Å²) in [7, 11) is 0. The number of nitrogens with one attached hydrogen (secondary N) is 1. The van der Waals surface area contributed by atoms with Crippen LogP contribution in [0.3, 0.4) is 0 Å². The molecule has 0 amide bonds. The zero-order valence-electron chi connectivity index (χ0n) is 5.97. The Hall–Kier alpha value is -1.63. The van der Waals surface area contributed by atoms with Crippen molar-refractivity contribution >= 4 is 6.04 Å². The van der Waals surface area contributed by atoms with Crippen LogP contribution in [-0.4, -0.2) is 6.04 Å². The molecule has 0 atom stereocenters. The molecule has 0 spiro atoms. The van der Waals surface area contributed by atoms with E-state index in [0.29, 0.717) is 5.70 Å². The molecule has 0 aliphatic rings. The second-order valence-electron chi connectivity index (χ2n) is 1.74. The highest BCUT2D eigenvalue weighted by Crippen LogP contribution is 1.84. The van der Waals surface area contributed by atoms with Crippen LogP contribution in [0.4, 0.5) is 4.39 Å². The van der Waals surface area contributed by atoms with Gasteiger partial charge in [-0.15, -0.1) is 0 Å². The first kappa shape index (κ1) is 9.37. The van der Waals surface area contributed by atoms with Crippen molar-refractivity contribution in [3.8, 4) is 6.07 Å². The molecule has 0 aromatic rings. The Labute approximate surface area is 63.8 Å². The van der Waals surface area contributed by atoms with Crippen molar-refractivity contribution in [2.75, 3.05) is 0 Å². The van der Waals surface area contributed by atoms with E-state index in [1.165, 1.54) is 6.08 Å². The maximum absolute atomic E-state index is 11.5. The number of halogens is 1. The molecule has 0 aromatic heterocycles. The van der Waals surface area contributed by atoms with Crippen LogP contribution in [0.15, 0.2) is 24.0 Å². The molecular formula is C7H7FN2O. The maximum atomic E-state index is 11.5. The predicted molar refractivity (Wildman–Crippen MR) is 37.8 cm³/mol. The summed E-state index contributed by atoms with van der Waals surface area (Å²) in [4.78, 5) is 9.71. The molecule has 0 rings (SSSR count). The molecule has 0 saturated carbocycles. The quantitative estimate of drug-likeness (QED) is 0.375. The van der Waals surface area contributed by atoms with Crippen LogP contribution in [0.5, 0.6) is 0 Å². The number of carbonyl (C=O) groups is 1. The van der Waals surface area contributed by atoms with E-state index in [4.69, 9.17) is 5.26 Å². The second-order valence-corrected chi connectivity index (χ2v) is 1.74. The molecule has 3 nitrogen and oxygen atoms in total. The third-order valence-corrected chi connectivity index (χ3v) is 0.806. The van der Waals surface area contributed by atoms with E-state index in [0.717, 1.165) is 12.3 Å². The topological polar surface area (TPSA) is 52.9 Å². The lowest BCUT2D eigenvalue weighted by Gasteiger charge is -1.93. The fourth-order valence-corrected chi connectivity index (χ4v) is 0.377. The molecule has 0 bridgehead atoms. The van der Waals surface area contributed by atoms with Gasteiger partial charge in [0.1, 0.15) is 0 Å². The first-order valence-electron chi connectivity index (χ1n) is 2.85. The molecular weight excluding hydrogens is 147 g/mol. The largest absolute Gasteiger partial charge is 0.364 e. The van der Waals surface area contributed by atoms with Gasteiger partial charge < -0.3 is 5.32 Å². The fourth-order valence-electron chi connectivity index (χ4n) is 0.377. The molecule has 0 unspecified atom stereocenters. The lowest BCUT2D eigenvalue weighted by molar-refractivity contribution is -0.124. The average Bonchev–Trinajstić information content (AvgIpc) is 1.87. The Balaban J connectivity index is 3.82. The van der Waals surface area contributed by atoms with Gasteiger partial charge in [-0.3, -0.25) is 4.79 Å². The summed E-state index contributed by atoms with van der Waals surface area (Å²) >= 11 is 0. The first-order chi connectivity index (χ1) is 5.16. The van der Waals surface area contributed by atoms with Gasteiger partial charge in [-0.2, -0.15) is 9.65 Å². The van der Waals surface area contributed by atoms with Crippen LogP contribution < -0.4 is 5.32 Å². The molecule has 0 saturated heterocycles. The third kappa shape index (κ3) is 6.25. The van der Waals surface area contributed by atoms with Crippen molar-refractivity contribution in [3.05, 3.63) is 24.0 Å². The number of hydrogen-bond donors (Lipinski definition) is 1. The van der Waals surface area contributed by atoms with E-state index < -0.39 is 6.04 Å². The molecule has 4 heteroatoms. The maximum Gasteiger partial charge on any atom is 0.326 e. The van der Waals surface area contributed by atoms with Crippen molar-refractivity contribution in [2.24, 2.45) is 0 Å². The summed E-state index contributed by atoms with van der Waals surface area (Å²) in [6.45, 7) is 1.62. The van der Waals surface area contributed by atoms with E-state index in [1.54, 1.807) is 13.0 Å². The normalized spacial score (nSPS) is 11.2. The molecule has 0 aromatic carbocycles. The predicted octanol–water partition coefficient (Wildman–Crippen LogP) is 1.01. The number of nitrogens with zero attached hydrogens (tertiary/aromatic N) is 1. The smallest absolute Gasteiger partial charge is 0.326 e. The van der Waals surface area contributed by atoms with Crippen LogP contribution in [0.25, 0.3) is 0 Å². The van der Waals surface area contributed by atoms with E-state index >= 15 is 0 Å². The van der Waals surface area contributed by atoms with Crippen molar-refractivity contribution in [1.82, 2.24) is 5.32 Å². The van der Waals surface area contributed by atoms with Crippen LogP contribution in [0.2, 0.25) is 0 Å². The zero-order valence-corrected chi connectivity index (χ0v) is 5.97. The van der Waals surface area contributed by atoms with E-state index in [1.807, 2.05) is 0 Å². The SMILES string of the molecule is CC(=CC#N)NC=CC(=O)F. The summed E-state index contributed by atoms with van der Waals surface area (Å²) in [5.74, 6) is 0. The molecule has 0 aliphatic heterocycles. The molecule has 1 N–H and O–H groups in total. The third-order valence-electron chi connectivity index (χ3n) is 0.806. The first-order valence-corrected chi connectivity index (χ1v) is 2.85. The minimum Gasteiger partial charge on any atom is -0.364 e. The number of carbonyl (C=O) groups excluding carboxylic acids is 1. The Bertz CT molecular complexity index is 237. The van der Waals surface area contributed by atoms with Gasteiger partial charge in [0.15, 0.2) is 0 Å². The number of rotatable bonds is 3. The van der Waals surface area contributed by atoms with E-state index in [9.17, 15) is 9.18 Å². The summed E-state index contributed by atoms with van der Waals surface area (Å²) in [5.41, 5.74) is 0.546. The Morgan fingerprint density at radius 1 is 1.73 bits per heavy atom. The van der Waals surface area contributed by atoms with Gasteiger partial charge in [-0.25, -0.2) is 0 Å². The number of nitriles is 1. The molecule has 0 heterocycles. The van der Waals surface area contributed by atoms with Crippen molar-refractivity contribution in [3.63, 3.8) is 0 Å². The lowest BCUT2D eigenvalue weighted by Crippen LogP contribution is -2.00. The van der Waals surface area contributed by atoms with Gasteiger partial charge >= 0.3 is 6.04 Å². The average molecular weight is 154 g/mol. The van der Waals surface area contributed by atoms with Crippen molar-refractivity contribution < 1.29 is 9.18 Å². The highest BCUT2D eigenvalue weighted by atomic mass is 19.1. The zero-order chi connectivity index (χ0) is 8.69. The minimum atomic E-state index is -1.53. The highest BCUT2D eigenvalue weighted by Gasteiger charge is 1.86. The summed E-state index contributed by atoms with van der Waals surface area (Å²) in [6, 6.07) is 0.243. The number of allylic oxidation sites excluding steroid dienone is 3. The Kier molecular flexibility index (Phi) is 4.41. The summed E-state index contributed by atoms with van der Waals surface area (Å²) in [5, 5.41) is 10.6.